The molecule has 3 aromatic rings. The quantitative estimate of drug-likeness (QED) is 0.463. The van der Waals surface area contributed by atoms with E-state index in [0.717, 1.165) is 41.4 Å². The molecule has 1 amide bonds. The Balaban J connectivity index is 1.37. The van der Waals surface area contributed by atoms with Crippen molar-refractivity contribution in [2.45, 2.75) is 52.1 Å². The lowest BCUT2D eigenvalue weighted by molar-refractivity contribution is 0.132. The molecule has 1 aliphatic rings. The maximum atomic E-state index is 13.0. The average molecular weight is 451 g/mol. The maximum absolute atomic E-state index is 13.0. The Labute approximate surface area is 194 Å². The Morgan fingerprint density at radius 2 is 1.70 bits per heavy atom. The molecule has 2 heterocycles. The van der Waals surface area contributed by atoms with E-state index < -0.39 is 0 Å². The summed E-state index contributed by atoms with van der Waals surface area (Å²) >= 11 is 0. The summed E-state index contributed by atoms with van der Waals surface area (Å²) in [6.07, 6.45) is 2.17. The topological polar surface area (TPSA) is 74.0 Å². The number of oxazole rings is 1. The summed E-state index contributed by atoms with van der Waals surface area (Å²) in [7, 11) is 1.60. The molecule has 0 aliphatic carbocycles. The van der Waals surface area contributed by atoms with E-state index in [-0.39, 0.29) is 18.2 Å². The molecule has 0 unspecified atom stereocenters. The van der Waals surface area contributed by atoms with Crippen LogP contribution in [0.4, 0.5) is 4.79 Å². The van der Waals surface area contributed by atoms with E-state index in [1.165, 1.54) is 0 Å². The van der Waals surface area contributed by atoms with Gasteiger partial charge in [-0.05, 0) is 68.7 Å². The minimum atomic E-state index is -0.339. The molecule has 7 nitrogen and oxygen atoms in total. The van der Waals surface area contributed by atoms with Gasteiger partial charge in [-0.2, -0.15) is 0 Å². The number of amides is 1. The van der Waals surface area contributed by atoms with E-state index in [2.05, 4.69) is 11.9 Å². The van der Waals surface area contributed by atoms with Crippen LogP contribution in [0, 0.1) is 13.8 Å². The highest BCUT2D eigenvalue weighted by Crippen LogP contribution is 2.37. The number of likely N-dealkylation sites (tertiary alicyclic amines) is 1. The summed E-state index contributed by atoms with van der Waals surface area (Å²) in [6, 6.07) is 15.0. The maximum Gasteiger partial charge on any atom is 0.415 e. The fraction of sp³-hybridized carbons (Fsp3) is 0.385. The number of aryl methyl sites for hydroxylation is 2. The number of methoxy groups -OCH3 is 1. The lowest BCUT2D eigenvalue weighted by Gasteiger charge is -2.28. The molecule has 7 heteroatoms. The Morgan fingerprint density at radius 1 is 1.03 bits per heavy atom. The third-order valence-corrected chi connectivity index (χ3v) is 6.02. The van der Waals surface area contributed by atoms with Gasteiger partial charge in [-0.3, -0.25) is 4.90 Å². The van der Waals surface area contributed by atoms with Gasteiger partial charge >= 0.3 is 6.09 Å². The minimum Gasteiger partial charge on any atom is -0.497 e. The van der Waals surface area contributed by atoms with Crippen molar-refractivity contribution in [1.82, 2.24) is 9.88 Å². The van der Waals surface area contributed by atoms with Crippen molar-refractivity contribution in [3.63, 3.8) is 0 Å². The van der Waals surface area contributed by atoms with Crippen LogP contribution in [-0.2, 0) is 6.42 Å². The number of nitrogens with zero attached hydrogens (tertiary/aromatic N) is 2. The summed E-state index contributed by atoms with van der Waals surface area (Å²) in [5.41, 5.74) is 2.00. The normalized spacial score (nSPS) is 17.8. The molecule has 1 aromatic heterocycles. The zero-order chi connectivity index (χ0) is 23.4. The fourth-order valence-electron chi connectivity index (χ4n) is 4.27. The van der Waals surface area contributed by atoms with E-state index in [9.17, 15) is 4.79 Å². The van der Waals surface area contributed by atoms with Crippen LogP contribution in [0.15, 0.2) is 52.9 Å². The van der Waals surface area contributed by atoms with Crippen LogP contribution in [0.2, 0.25) is 0 Å². The van der Waals surface area contributed by atoms with E-state index in [0.29, 0.717) is 24.7 Å². The van der Waals surface area contributed by atoms with Crippen molar-refractivity contribution in [2.24, 2.45) is 0 Å². The number of benzene rings is 2. The molecule has 0 N–H and O–H groups in total. The molecule has 0 spiro atoms. The molecule has 174 valence electrons. The molecule has 1 aliphatic heterocycles. The van der Waals surface area contributed by atoms with Crippen LogP contribution >= 0.6 is 0 Å². The number of carbonyl (C=O) groups is 1. The van der Waals surface area contributed by atoms with Crippen molar-refractivity contribution >= 4 is 6.09 Å². The zero-order valence-corrected chi connectivity index (χ0v) is 19.5. The number of hydrogen-bond acceptors (Lipinski definition) is 6. The SMILES string of the molecule is COc1ccc(OC(=O)N2[C@@H](c3ccc(OCCc4nc(C)oc4C)cc3)CC[C@@H]2C)cc1. The number of ether oxygens (including phenoxy) is 3. The zero-order valence-electron chi connectivity index (χ0n) is 19.5. The van der Waals surface area contributed by atoms with Gasteiger partial charge in [0.05, 0.1) is 25.5 Å². The van der Waals surface area contributed by atoms with Gasteiger partial charge in [0, 0.05) is 19.4 Å². The molecule has 1 saturated heterocycles. The molecule has 0 radical (unpaired) electrons. The molecule has 2 atom stereocenters. The van der Waals surface area contributed by atoms with Crippen molar-refractivity contribution in [1.29, 1.82) is 0 Å². The first-order chi connectivity index (χ1) is 15.9. The lowest BCUT2D eigenvalue weighted by Crippen LogP contribution is -2.37. The number of rotatable bonds is 7. The smallest absolute Gasteiger partial charge is 0.415 e. The minimum absolute atomic E-state index is 0.0273. The van der Waals surface area contributed by atoms with Crippen molar-refractivity contribution in [3.8, 4) is 17.2 Å². The third-order valence-electron chi connectivity index (χ3n) is 6.02. The molecule has 0 saturated carbocycles. The van der Waals surface area contributed by atoms with Gasteiger partial charge in [0.25, 0.3) is 0 Å². The standard InChI is InChI=1S/C26H30N2O5/c1-17-5-14-25(28(17)26(29)33-23-12-10-21(30-4)11-13-23)20-6-8-22(9-7-20)31-16-15-24-18(2)32-19(3)27-24/h6-13,17,25H,5,14-16H2,1-4H3/t17-,25+/m0/s1. The lowest BCUT2D eigenvalue weighted by atomic mass is 10.0. The number of aromatic nitrogens is 1. The molecular formula is C26H30N2O5. The van der Waals surface area contributed by atoms with E-state index in [1.807, 2.05) is 43.0 Å². The van der Waals surface area contributed by atoms with Crippen LogP contribution in [-0.4, -0.2) is 35.7 Å². The van der Waals surface area contributed by atoms with Crippen LogP contribution in [0.25, 0.3) is 0 Å². The average Bonchev–Trinajstić information content (AvgIpc) is 3.35. The Hall–Kier alpha value is -3.48. The second-order valence-electron chi connectivity index (χ2n) is 8.30. The highest BCUT2D eigenvalue weighted by Gasteiger charge is 2.36. The second-order valence-corrected chi connectivity index (χ2v) is 8.30. The van der Waals surface area contributed by atoms with Gasteiger partial charge in [0.2, 0.25) is 0 Å². The Morgan fingerprint density at radius 3 is 2.33 bits per heavy atom. The van der Waals surface area contributed by atoms with Gasteiger partial charge in [-0.1, -0.05) is 12.1 Å². The van der Waals surface area contributed by atoms with Crippen LogP contribution in [0.3, 0.4) is 0 Å². The van der Waals surface area contributed by atoms with Crippen molar-refractivity contribution in [3.05, 3.63) is 71.4 Å². The van der Waals surface area contributed by atoms with Crippen LogP contribution in [0.1, 0.15) is 48.7 Å². The van der Waals surface area contributed by atoms with Crippen LogP contribution < -0.4 is 14.2 Å². The van der Waals surface area contributed by atoms with Crippen molar-refractivity contribution < 1.29 is 23.4 Å². The van der Waals surface area contributed by atoms with Crippen molar-refractivity contribution in [2.75, 3.05) is 13.7 Å². The van der Waals surface area contributed by atoms with Gasteiger partial charge in [-0.25, -0.2) is 9.78 Å². The Bertz CT molecular complexity index is 1080. The van der Waals surface area contributed by atoms with Gasteiger partial charge < -0.3 is 18.6 Å². The predicted molar refractivity (Wildman–Crippen MR) is 124 cm³/mol. The van der Waals surface area contributed by atoms with E-state index in [1.54, 1.807) is 31.4 Å². The molecule has 4 rings (SSSR count). The first kappa shape index (κ1) is 22.7. The molecule has 33 heavy (non-hydrogen) atoms. The summed E-state index contributed by atoms with van der Waals surface area (Å²) in [6.45, 7) is 6.33. The monoisotopic (exact) mass is 450 g/mol. The predicted octanol–water partition coefficient (Wildman–Crippen LogP) is 5.65. The summed E-state index contributed by atoms with van der Waals surface area (Å²) in [5.74, 6) is 3.52. The number of hydrogen-bond donors (Lipinski definition) is 0. The molecule has 0 bridgehead atoms. The van der Waals surface area contributed by atoms with Crippen LogP contribution in [0.5, 0.6) is 17.2 Å². The van der Waals surface area contributed by atoms with Gasteiger partial charge in [0.1, 0.15) is 23.0 Å². The highest BCUT2D eigenvalue weighted by molar-refractivity contribution is 5.72. The number of carbonyl (C=O) groups excluding carboxylic acids is 1. The highest BCUT2D eigenvalue weighted by atomic mass is 16.6. The van der Waals surface area contributed by atoms with E-state index in [4.69, 9.17) is 18.6 Å². The molecule has 2 aromatic carbocycles. The first-order valence-electron chi connectivity index (χ1n) is 11.2. The molecule has 1 fully saturated rings. The summed E-state index contributed by atoms with van der Waals surface area (Å²) in [4.78, 5) is 19.2. The first-order valence-corrected chi connectivity index (χ1v) is 11.2. The van der Waals surface area contributed by atoms with Gasteiger partial charge in [-0.15, -0.1) is 0 Å². The van der Waals surface area contributed by atoms with E-state index >= 15 is 0 Å². The molecular weight excluding hydrogens is 420 g/mol. The third kappa shape index (κ3) is 5.30. The second kappa shape index (κ2) is 9.98. The largest absolute Gasteiger partial charge is 0.497 e. The summed E-state index contributed by atoms with van der Waals surface area (Å²) in [5, 5.41) is 0. The van der Waals surface area contributed by atoms with Gasteiger partial charge in [0.15, 0.2) is 5.89 Å². The Kier molecular flexibility index (Phi) is 6.87. The summed E-state index contributed by atoms with van der Waals surface area (Å²) < 4.78 is 22.2. The fourth-order valence-corrected chi connectivity index (χ4v) is 4.27.